The summed E-state index contributed by atoms with van der Waals surface area (Å²) in [5.74, 6) is 0.233. The zero-order valence-corrected chi connectivity index (χ0v) is 17.3. The molecule has 0 radical (unpaired) electrons. The minimum atomic E-state index is -0.535. The average molecular weight is 443 g/mol. The summed E-state index contributed by atoms with van der Waals surface area (Å²) in [6, 6.07) is 25.2. The van der Waals surface area contributed by atoms with E-state index in [-0.39, 0.29) is 0 Å². The molecule has 0 N–H and O–H groups in total. The topological polar surface area (TPSA) is 83.0 Å². The number of aromatic nitrogens is 4. The van der Waals surface area contributed by atoms with Gasteiger partial charge in [-0.1, -0.05) is 41.9 Å². The van der Waals surface area contributed by atoms with Gasteiger partial charge in [0.15, 0.2) is 5.69 Å². The Morgan fingerprint density at radius 2 is 1.62 bits per heavy atom. The van der Waals surface area contributed by atoms with E-state index in [9.17, 15) is 4.79 Å². The predicted molar refractivity (Wildman–Crippen MR) is 119 cm³/mol. The van der Waals surface area contributed by atoms with E-state index in [4.69, 9.17) is 20.8 Å². The normalized spacial score (nSPS) is 10.8. The Bertz CT molecular complexity index is 1350. The van der Waals surface area contributed by atoms with E-state index >= 15 is 0 Å². The van der Waals surface area contributed by atoms with E-state index in [0.717, 1.165) is 16.8 Å². The van der Waals surface area contributed by atoms with Crippen LogP contribution in [0.25, 0.3) is 28.4 Å². The predicted octanol–water partition coefficient (Wildman–Crippen LogP) is 5.46. The van der Waals surface area contributed by atoms with Crippen LogP contribution >= 0.6 is 11.6 Å². The zero-order valence-electron chi connectivity index (χ0n) is 16.6. The smallest absolute Gasteiger partial charge is 0.362 e. The molecule has 0 fully saturated rings. The number of carbonyl (C=O) groups is 1. The number of nitrogens with zero attached hydrogens (tertiary/aromatic N) is 4. The second-order valence-corrected chi connectivity index (χ2v) is 7.26. The van der Waals surface area contributed by atoms with Gasteiger partial charge in [0.05, 0.1) is 11.4 Å². The highest BCUT2D eigenvalue weighted by Crippen LogP contribution is 2.25. The van der Waals surface area contributed by atoms with Gasteiger partial charge in [0.25, 0.3) is 0 Å². The summed E-state index contributed by atoms with van der Waals surface area (Å²) < 4.78 is 12.4. The van der Waals surface area contributed by atoms with E-state index in [1.54, 1.807) is 47.1 Å². The van der Waals surface area contributed by atoms with Crippen molar-refractivity contribution < 1.29 is 13.9 Å². The molecule has 2 heterocycles. The summed E-state index contributed by atoms with van der Waals surface area (Å²) in [4.78, 5) is 13.1. The number of ether oxygens (including phenoxy) is 1. The Morgan fingerprint density at radius 3 is 2.31 bits per heavy atom. The van der Waals surface area contributed by atoms with Crippen LogP contribution in [0.2, 0.25) is 5.02 Å². The van der Waals surface area contributed by atoms with Crippen LogP contribution in [-0.2, 0) is 0 Å². The third-order valence-electron chi connectivity index (χ3n) is 4.73. The van der Waals surface area contributed by atoms with Gasteiger partial charge in [-0.05, 0) is 54.6 Å². The highest BCUT2D eigenvalue weighted by Gasteiger charge is 2.20. The monoisotopic (exact) mass is 442 g/mol. The van der Waals surface area contributed by atoms with Gasteiger partial charge in [0.1, 0.15) is 5.75 Å². The molecule has 0 aliphatic heterocycles. The lowest BCUT2D eigenvalue weighted by Gasteiger charge is -2.08. The standard InChI is InChI=1S/C24H15ClN4O3/c25-18-10-6-16(7-11-18)21-14-22(29(28-21)19-4-2-1-3-5-19)24(30)32-20-12-8-17(9-13-20)23-27-26-15-31-23/h1-15H. The van der Waals surface area contributed by atoms with Crippen molar-refractivity contribution >= 4 is 17.6 Å². The lowest BCUT2D eigenvalue weighted by molar-refractivity contribution is 0.0725. The fourth-order valence-corrected chi connectivity index (χ4v) is 3.30. The molecule has 5 aromatic rings. The third-order valence-corrected chi connectivity index (χ3v) is 4.98. The van der Waals surface area contributed by atoms with E-state index in [1.807, 2.05) is 42.5 Å². The van der Waals surface area contributed by atoms with E-state index in [0.29, 0.717) is 28.1 Å². The van der Waals surface area contributed by atoms with E-state index in [2.05, 4.69) is 15.3 Å². The Labute approximate surface area is 187 Å². The molecule has 2 aromatic heterocycles. The second-order valence-electron chi connectivity index (χ2n) is 6.83. The lowest BCUT2D eigenvalue weighted by Crippen LogP contribution is -2.14. The number of carbonyl (C=O) groups excluding carboxylic acids is 1. The number of benzene rings is 3. The molecule has 7 nitrogen and oxygen atoms in total. The molecule has 0 amide bonds. The number of para-hydroxylation sites is 1. The summed E-state index contributed by atoms with van der Waals surface area (Å²) in [6.07, 6.45) is 1.26. The fourth-order valence-electron chi connectivity index (χ4n) is 3.18. The lowest BCUT2D eigenvalue weighted by atomic mass is 10.1. The van der Waals surface area contributed by atoms with Crippen LogP contribution in [0.5, 0.6) is 5.75 Å². The summed E-state index contributed by atoms with van der Waals surface area (Å²) in [5, 5.41) is 12.8. The number of rotatable bonds is 5. The van der Waals surface area contributed by atoms with Gasteiger partial charge in [-0.2, -0.15) is 5.10 Å². The maximum absolute atomic E-state index is 13.1. The first-order valence-corrected chi connectivity index (χ1v) is 10.1. The summed E-state index contributed by atoms with van der Waals surface area (Å²) >= 11 is 6.00. The van der Waals surface area contributed by atoms with Gasteiger partial charge >= 0.3 is 5.97 Å². The van der Waals surface area contributed by atoms with E-state index in [1.165, 1.54) is 6.39 Å². The van der Waals surface area contributed by atoms with Crippen LogP contribution < -0.4 is 4.74 Å². The third kappa shape index (κ3) is 4.01. The molecule has 0 saturated carbocycles. The van der Waals surface area contributed by atoms with Crippen molar-refractivity contribution in [1.29, 1.82) is 0 Å². The Hall–Kier alpha value is -4.23. The quantitative estimate of drug-likeness (QED) is 0.265. The highest BCUT2D eigenvalue weighted by atomic mass is 35.5. The van der Waals surface area contributed by atoms with Crippen LogP contribution in [-0.4, -0.2) is 25.9 Å². The molecule has 32 heavy (non-hydrogen) atoms. The van der Waals surface area contributed by atoms with Crippen molar-refractivity contribution in [3.05, 3.63) is 102 Å². The van der Waals surface area contributed by atoms with Crippen LogP contribution in [0, 0.1) is 0 Å². The molecule has 0 aliphatic carbocycles. The fraction of sp³-hybridized carbons (Fsp3) is 0. The molecule has 0 atom stereocenters. The maximum Gasteiger partial charge on any atom is 0.362 e. The minimum absolute atomic E-state index is 0.294. The molecular formula is C24H15ClN4O3. The number of hydrogen-bond acceptors (Lipinski definition) is 6. The average Bonchev–Trinajstić information content (AvgIpc) is 3.52. The summed E-state index contributed by atoms with van der Waals surface area (Å²) in [5.41, 5.74) is 3.22. The number of halogens is 1. The SMILES string of the molecule is O=C(Oc1ccc(-c2nnco2)cc1)c1cc(-c2ccc(Cl)cc2)nn1-c1ccccc1. The van der Waals surface area contributed by atoms with Crippen molar-refractivity contribution in [2.75, 3.05) is 0 Å². The molecule has 0 bridgehead atoms. The molecule has 0 spiro atoms. The second kappa shape index (κ2) is 8.49. The number of esters is 1. The van der Waals surface area contributed by atoms with Gasteiger partial charge in [-0.3, -0.25) is 0 Å². The van der Waals surface area contributed by atoms with Crippen molar-refractivity contribution in [1.82, 2.24) is 20.0 Å². The summed E-state index contributed by atoms with van der Waals surface area (Å²) in [7, 11) is 0. The molecule has 156 valence electrons. The first-order valence-electron chi connectivity index (χ1n) is 9.67. The summed E-state index contributed by atoms with van der Waals surface area (Å²) in [6.45, 7) is 0. The maximum atomic E-state index is 13.1. The first-order chi connectivity index (χ1) is 15.7. The molecule has 0 saturated heterocycles. The molecular weight excluding hydrogens is 428 g/mol. The van der Waals surface area contributed by atoms with Crippen molar-refractivity contribution in [2.24, 2.45) is 0 Å². The van der Waals surface area contributed by atoms with Crippen molar-refractivity contribution in [3.8, 4) is 34.1 Å². The molecule has 8 heteroatoms. The molecule has 3 aromatic carbocycles. The van der Waals surface area contributed by atoms with Crippen molar-refractivity contribution in [2.45, 2.75) is 0 Å². The first kappa shape index (κ1) is 19.7. The van der Waals surface area contributed by atoms with Gasteiger partial charge in [0.2, 0.25) is 12.3 Å². The largest absolute Gasteiger partial charge is 0.423 e. The minimum Gasteiger partial charge on any atom is -0.423 e. The van der Waals surface area contributed by atoms with Crippen LogP contribution in [0.3, 0.4) is 0 Å². The molecule has 0 unspecified atom stereocenters. The molecule has 5 rings (SSSR count). The van der Waals surface area contributed by atoms with Gasteiger partial charge in [-0.25, -0.2) is 9.48 Å². The zero-order chi connectivity index (χ0) is 21.9. The number of hydrogen-bond donors (Lipinski definition) is 0. The van der Waals surface area contributed by atoms with Gasteiger partial charge < -0.3 is 9.15 Å². The highest BCUT2D eigenvalue weighted by molar-refractivity contribution is 6.30. The molecule has 0 aliphatic rings. The van der Waals surface area contributed by atoms with Crippen LogP contribution in [0.4, 0.5) is 0 Å². The van der Waals surface area contributed by atoms with Gasteiger partial charge in [-0.15, -0.1) is 10.2 Å². The van der Waals surface area contributed by atoms with E-state index < -0.39 is 5.97 Å². The Kier molecular flexibility index (Phi) is 5.23. The van der Waals surface area contributed by atoms with Crippen molar-refractivity contribution in [3.63, 3.8) is 0 Å². The Morgan fingerprint density at radius 1 is 0.906 bits per heavy atom. The van der Waals surface area contributed by atoms with Crippen LogP contribution in [0.15, 0.2) is 95.7 Å². The Balaban J connectivity index is 1.47. The van der Waals surface area contributed by atoms with Gasteiger partial charge in [0, 0.05) is 16.1 Å². The van der Waals surface area contributed by atoms with Crippen LogP contribution in [0.1, 0.15) is 10.5 Å².